The molecular formula is C75H90ClN7O19. The number of hydrogen-bond donors (Lipinski definition) is 5. The quantitative estimate of drug-likeness (QED) is 0.0165. The fraction of sp³-hybridized carbons (Fsp3) is 0.267. The van der Waals surface area contributed by atoms with E-state index in [0.717, 1.165) is 44.5 Å². The zero-order valence-electron chi connectivity index (χ0n) is 57.1. The number of non-ortho nitro benzene ring substituents is 2. The van der Waals surface area contributed by atoms with E-state index in [-0.39, 0.29) is 85.8 Å². The number of carbonyl (C=O) groups is 7. The van der Waals surface area contributed by atoms with Crippen LogP contribution in [-0.4, -0.2) is 142 Å². The highest BCUT2D eigenvalue weighted by Gasteiger charge is 2.32. The number of likely N-dealkylation sites (N-methyl/N-ethyl adjacent to an activating group) is 3. The van der Waals surface area contributed by atoms with E-state index in [9.17, 15) is 53.8 Å². The van der Waals surface area contributed by atoms with Gasteiger partial charge in [-0.2, -0.15) is 0 Å². The van der Waals surface area contributed by atoms with E-state index < -0.39 is 50.9 Å². The van der Waals surface area contributed by atoms with E-state index in [1.807, 2.05) is 120 Å². The van der Waals surface area contributed by atoms with Crippen LogP contribution in [0.3, 0.4) is 0 Å². The van der Waals surface area contributed by atoms with Crippen LogP contribution in [0.2, 0.25) is 0 Å². The number of esters is 3. The van der Waals surface area contributed by atoms with Gasteiger partial charge in [-0.1, -0.05) is 147 Å². The first kappa shape index (κ1) is 90.1. The number of nitro groups is 2. The second kappa shape index (κ2) is 44.9. The summed E-state index contributed by atoms with van der Waals surface area (Å²) in [5.74, 6) is -3.30. The maximum Gasteiger partial charge on any atom is 0.335 e. The van der Waals surface area contributed by atoms with Crippen LogP contribution in [0.15, 0.2) is 200 Å². The number of amides is 2. The fourth-order valence-electron chi connectivity index (χ4n) is 9.59. The number of nitrogens with zero attached hydrogens (tertiary/aromatic N) is 5. The number of anilines is 1. The topological polar surface area (TPSA) is 382 Å². The van der Waals surface area contributed by atoms with Gasteiger partial charge in [0.1, 0.15) is 18.1 Å². The molecule has 6 N–H and O–H groups in total. The van der Waals surface area contributed by atoms with E-state index in [0.29, 0.717) is 22.4 Å². The van der Waals surface area contributed by atoms with Crippen LogP contribution in [0.1, 0.15) is 97.8 Å². The molecule has 0 saturated carbocycles. The van der Waals surface area contributed by atoms with Gasteiger partial charge in [-0.15, -0.1) is 22.5 Å². The van der Waals surface area contributed by atoms with E-state index in [4.69, 9.17) is 40.7 Å². The number of methoxy groups -OCH3 is 3. The van der Waals surface area contributed by atoms with Crippen molar-refractivity contribution in [2.45, 2.75) is 74.5 Å². The van der Waals surface area contributed by atoms with Crippen molar-refractivity contribution in [1.82, 2.24) is 15.1 Å². The van der Waals surface area contributed by atoms with E-state index in [2.05, 4.69) is 10.1 Å². The Morgan fingerprint density at radius 3 is 0.853 bits per heavy atom. The molecule has 8 rings (SSSR count). The van der Waals surface area contributed by atoms with Crippen LogP contribution < -0.4 is 11.1 Å². The van der Waals surface area contributed by atoms with Crippen LogP contribution >= 0.6 is 12.4 Å². The standard InChI is InChI=1S/C20H22N2O5.C20H24N2O3.C13H9NO4.C13H10O2.C7H15NO2.2CH4.ClH.HNO3/c1-13(2)18(20(24)27-4)21(3)19(23)16-7-5-14(6-8-16)15-9-11-17(12-10-15)22(25)26;1-13(2)18(20(24)25-4)22(3)19(23)16-7-5-14(6-8-16)15-9-11-17(21)12-10-15;15-13(16)11-3-1-9(2-4-11)10-5-7-12(8-6-10)14(17)18;14-13(15)12-8-6-11(7-9-12)10-4-2-1-3-5-10;1-5(2)6(8-3)7(9)10-4;;;;2-1(3)4/h5-13,18H,1-4H3;5-13,18H,21H2,1-4H3;1-8H,(H,15,16);1-9H,(H,14,15);5-6,8H,1-4H3;2*1H4;1H;(H,2,3,4)/t2*18-;;;6-;;;;/m00..0..../s1. The van der Waals surface area contributed by atoms with Crippen LogP contribution in [-0.2, 0) is 28.6 Å². The lowest BCUT2D eigenvalue weighted by Gasteiger charge is -2.29. The minimum atomic E-state index is -1.50. The molecule has 26 nitrogen and oxygen atoms in total. The smallest absolute Gasteiger partial charge is 0.335 e. The van der Waals surface area contributed by atoms with Gasteiger partial charge in [-0.3, -0.25) is 34.6 Å². The molecule has 0 bridgehead atoms. The Bertz CT molecular complexity index is 3900. The minimum Gasteiger partial charge on any atom is -0.478 e. The zero-order chi connectivity index (χ0) is 74.2. The van der Waals surface area contributed by atoms with Crippen molar-refractivity contribution in [2.24, 2.45) is 17.8 Å². The number of rotatable bonds is 19. The van der Waals surface area contributed by atoms with Gasteiger partial charge in [0.2, 0.25) is 0 Å². The summed E-state index contributed by atoms with van der Waals surface area (Å²) in [6, 6.07) is 55.6. The Morgan fingerprint density at radius 2 is 0.647 bits per heavy atom. The van der Waals surface area contributed by atoms with Crippen LogP contribution in [0.5, 0.6) is 0 Å². The molecular weight excluding hydrogens is 1340 g/mol. The number of carboxylic acids is 2. The summed E-state index contributed by atoms with van der Waals surface area (Å²) in [6.45, 7) is 11.4. The Balaban J connectivity index is 0.00000126. The first-order valence-corrected chi connectivity index (χ1v) is 30.4. The molecule has 0 heterocycles. The van der Waals surface area contributed by atoms with Gasteiger partial charge in [0.25, 0.3) is 28.3 Å². The summed E-state index contributed by atoms with van der Waals surface area (Å²) in [6.07, 6.45) is 0. The van der Waals surface area contributed by atoms with Gasteiger partial charge < -0.3 is 50.5 Å². The summed E-state index contributed by atoms with van der Waals surface area (Å²) < 4.78 is 14.2. The number of halogens is 1. The molecule has 546 valence electrons. The molecule has 0 aromatic heterocycles. The zero-order valence-corrected chi connectivity index (χ0v) is 57.9. The number of nitro benzene ring substituents is 2. The molecule has 0 fully saturated rings. The van der Waals surface area contributed by atoms with E-state index >= 15 is 0 Å². The molecule has 3 atom stereocenters. The molecule has 8 aromatic carbocycles. The molecule has 0 aliphatic carbocycles. The van der Waals surface area contributed by atoms with Crippen molar-refractivity contribution in [3.05, 3.63) is 253 Å². The molecule has 27 heteroatoms. The van der Waals surface area contributed by atoms with Gasteiger partial charge in [0.15, 0.2) is 0 Å². The predicted molar refractivity (Wildman–Crippen MR) is 394 cm³/mol. The Morgan fingerprint density at radius 1 is 0.412 bits per heavy atom. The summed E-state index contributed by atoms with van der Waals surface area (Å²) in [7, 11) is 8.98. The van der Waals surface area contributed by atoms with E-state index in [1.165, 1.54) is 67.5 Å². The third-order valence-electron chi connectivity index (χ3n) is 14.8. The number of ether oxygens (including phenoxy) is 3. The first-order valence-electron chi connectivity index (χ1n) is 30.4. The lowest BCUT2D eigenvalue weighted by molar-refractivity contribution is -0.742. The third kappa shape index (κ3) is 28.1. The van der Waals surface area contributed by atoms with Gasteiger partial charge in [-0.25, -0.2) is 19.2 Å². The summed E-state index contributed by atoms with van der Waals surface area (Å²) >= 11 is 0. The fourth-order valence-corrected chi connectivity index (χ4v) is 9.59. The second-order valence-electron chi connectivity index (χ2n) is 22.5. The predicted octanol–water partition coefficient (Wildman–Crippen LogP) is 14.5. The summed E-state index contributed by atoms with van der Waals surface area (Å²) in [5, 5.41) is 55.3. The maximum absolute atomic E-state index is 12.7. The molecule has 0 aliphatic heterocycles. The number of carboxylic acid groups (broad SMARTS) is 2. The van der Waals surface area contributed by atoms with Crippen LogP contribution in [0.4, 0.5) is 17.1 Å². The van der Waals surface area contributed by atoms with Gasteiger partial charge in [0, 0.05) is 55.2 Å². The molecule has 0 unspecified atom stereocenters. The Hall–Kier alpha value is -11.9. The normalized spacial score (nSPS) is 10.8. The molecule has 8 aromatic rings. The van der Waals surface area contributed by atoms with Crippen molar-refractivity contribution < 1.29 is 78.1 Å². The Kier molecular flexibility index (Phi) is 39.7. The summed E-state index contributed by atoms with van der Waals surface area (Å²) in [5.41, 5.74) is 15.3. The van der Waals surface area contributed by atoms with Crippen LogP contribution in [0.25, 0.3) is 44.5 Å². The number of nitrogens with one attached hydrogen (secondary N) is 1. The second-order valence-corrected chi connectivity index (χ2v) is 22.5. The SMILES string of the molecule is C.C.CN[C@H](C(=O)OC)C(C)C.COC(=O)[C@H](C(C)C)N(C)C(=O)c1ccc(-c2ccc(N)cc2)cc1.COC(=O)[C@H](C(C)C)N(C)C(=O)c1ccc(-c2ccc([N+](=O)[O-])cc2)cc1.Cl.O=C(O)c1ccc(-c2ccc([N+](=O)[O-])cc2)cc1.O=C(O)c1ccc(-c2ccccc2)cc1.O=[N+]([O-])O. The van der Waals surface area contributed by atoms with Crippen molar-refractivity contribution in [3.63, 3.8) is 0 Å². The highest BCUT2D eigenvalue weighted by molar-refractivity contribution is 5.98. The molecule has 0 radical (unpaired) electrons. The van der Waals surface area contributed by atoms with Crippen molar-refractivity contribution in [3.8, 4) is 44.5 Å². The lowest BCUT2D eigenvalue weighted by Crippen LogP contribution is -2.46. The highest BCUT2D eigenvalue weighted by atomic mass is 35.5. The molecule has 0 aliphatic rings. The number of benzene rings is 8. The number of nitrogens with two attached hydrogens (primary N) is 1. The number of carbonyl (C=O) groups excluding carboxylic acids is 5. The first-order chi connectivity index (χ1) is 46.8. The third-order valence-corrected chi connectivity index (χ3v) is 14.8. The molecule has 2 amide bonds. The maximum atomic E-state index is 12.7. The van der Waals surface area contributed by atoms with Crippen LogP contribution in [0, 0.1) is 48.1 Å². The minimum absolute atomic E-state index is 0. The lowest BCUT2D eigenvalue weighted by atomic mass is 10.0. The molecule has 0 spiro atoms. The summed E-state index contributed by atoms with van der Waals surface area (Å²) in [4.78, 5) is 113. The number of aromatic carboxylic acids is 2. The number of hydrogen-bond acceptors (Lipinski definition) is 18. The Labute approximate surface area is 599 Å². The van der Waals surface area contributed by atoms with Crippen molar-refractivity contribution in [1.29, 1.82) is 0 Å². The number of nitrogen functional groups attached to an aromatic ring is 1. The average Bonchev–Trinajstić information content (AvgIpc) is 0.827. The van der Waals surface area contributed by atoms with Gasteiger partial charge in [-0.05, 0) is 154 Å². The van der Waals surface area contributed by atoms with Gasteiger partial charge >= 0.3 is 29.8 Å². The average molecular weight is 1430 g/mol. The van der Waals surface area contributed by atoms with Crippen molar-refractivity contribution in [2.75, 3.05) is 48.2 Å². The van der Waals surface area contributed by atoms with Gasteiger partial charge in [0.05, 0.1) is 42.3 Å². The van der Waals surface area contributed by atoms with Crippen molar-refractivity contribution >= 4 is 71.1 Å². The molecule has 0 saturated heterocycles. The molecule has 102 heavy (non-hydrogen) atoms. The largest absolute Gasteiger partial charge is 0.478 e. The van der Waals surface area contributed by atoms with E-state index in [1.54, 1.807) is 106 Å². The monoisotopic (exact) mass is 1430 g/mol. The highest BCUT2D eigenvalue weighted by Crippen LogP contribution is 2.27.